The highest BCUT2D eigenvalue weighted by Crippen LogP contribution is 2.41. The van der Waals surface area contributed by atoms with Crippen LogP contribution in [0.3, 0.4) is 0 Å². The average Bonchev–Trinajstić information content (AvgIpc) is 2.79. The molecule has 0 N–H and O–H groups in total. The number of fused-ring (bicyclic) bond motifs is 1. The van der Waals surface area contributed by atoms with Crippen molar-refractivity contribution in [3.8, 4) is 11.1 Å². The van der Waals surface area contributed by atoms with Crippen molar-refractivity contribution in [2.75, 3.05) is 0 Å². The first-order chi connectivity index (χ1) is 14.3. The summed E-state index contributed by atoms with van der Waals surface area (Å²) in [5, 5.41) is 0. The van der Waals surface area contributed by atoms with Gasteiger partial charge in [0.15, 0.2) is 0 Å². The van der Waals surface area contributed by atoms with Crippen molar-refractivity contribution < 1.29 is 0 Å². The van der Waals surface area contributed by atoms with Crippen LogP contribution in [0.2, 0.25) is 0 Å². The summed E-state index contributed by atoms with van der Waals surface area (Å²) in [6.07, 6.45) is 16.9. The van der Waals surface area contributed by atoms with Crippen LogP contribution in [0.4, 0.5) is 0 Å². The molecule has 2 aromatic rings. The topological polar surface area (TPSA) is 0 Å². The lowest BCUT2D eigenvalue weighted by molar-refractivity contribution is 0.183. The summed E-state index contributed by atoms with van der Waals surface area (Å²) in [5.74, 6) is 2.97. The van der Waals surface area contributed by atoms with E-state index in [1.165, 1.54) is 87.3 Å². The van der Waals surface area contributed by atoms with Crippen molar-refractivity contribution in [2.45, 2.75) is 90.9 Å². The second kappa shape index (κ2) is 9.96. The Morgan fingerprint density at radius 3 is 2.21 bits per heavy atom. The molecule has 29 heavy (non-hydrogen) atoms. The smallest absolute Gasteiger partial charge is 0.0181 e. The Balaban J connectivity index is 1.34. The van der Waals surface area contributed by atoms with Crippen LogP contribution in [-0.2, 0) is 19.3 Å². The molecule has 0 radical (unpaired) electrons. The highest BCUT2D eigenvalue weighted by molar-refractivity contribution is 5.65. The fourth-order valence-corrected chi connectivity index (χ4v) is 5.93. The predicted molar refractivity (Wildman–Crippen MR) is 126 cm³/mol. The fraction of sp³-hybridized carbons (Fsp3) is 0.586. The summed E-state index contributed by atoms with van der Waals surface area (Å²) >= 11 is 0. The van der Waals surface area contributed by atoms with E-state index in [4.69, 9.17) is 0 Å². The Hall–Kier alpha value is -1.56. The third-order valence-corrected chi connectivity index (χ3v) is 7.94. The maximum absolute atomic E-state index is 2.48. The molecular formula is C29H40. The van der Waals surface area contributed by atoms with Crippen LogP contribution >= 0.6 is 0 Å². The van der Waals surface area contributed by atoms with Gasteiger partial charge in [-0.2, -0.15) is 0 Å². The lowest BCUT2D eigenvalue weighted by Crippen LogP contribution is -2.26. The quantitative estimate of drug-likeness (QED) is 0.418. The lowest BCUT2D eigenvalue weighted by atomic mass is 9.69. The molecule has 156 valence electrons. The summed E-state index contributed by atoms with van der Waals surface area (Å²) < 4.78 is 0. The highest BCUT2D eigenvalue weighted by Gasteiger charge is 2.30. The van der Waals surface area contributed by atoms with E-state index in [-0.39, 0.29) is 0 Å². The van der Waals surface area contributed by atoms with Gasteiger partial charge in [-0.25, -0.2) is 0 Å². The second-order valence-corrected chi connectivity index (χ2v) is 9.81. The molecule has 0 nitrogen and oxygen atoms in total. The molecule has 2 aliphatic carbocycles. The molecule has 1 fully saturated rings. The molecule has 0 saturated heterocycles. The van der Waals surface area contributed by atoms with Gasteiger partial charge in [0.1, 0.15) is 0 Å². The number of hydrogen-bond acceptors (Lipinski definition) is 0. The third-order valence-electron chi connectivity index (χ3n) is 7.94. The standard InChI is InChI=1S/C29H40/c1-3-5-6-7-23-10-14-25(15-11-23)27-17-19-28-20-26(16-18-29(28)21-27)24-12-8-22(4-2)9-13-24/h8-9,12-13,16,18,20,23,25,27H,3-7,10-11,14-15,17,19,21H2,1-2H3. The monoisotopic (exact) mass is 388 g/mol. The SMILES string of the molecule is CCCCCC1CCC(C2CCc3cc(-c4ccc(CC)cc4)ccc3C2)CC1. The molecule has 4 rings (SSSR count). The maximum Gasteiger partial charge on any atom is -0.0181 e. The Kier molecular flexibility index (Phi) is 7.11. The zero-order valence-corrected chi connectivity index (χ0v) is 18.8. The molecule has 0 spiro atoms. The van der Waals surface area contributed by atoms with E-state index in [0.717, 1.165) is 24.2 Å². The molecular weight excluding hydrogens is 348 g/mol. The van der Waals surface area contributed by atoms with Crippen molar-refractivity contribution in [2.24, 2.45) is 17.8 Å². The highest BCUT2D eigenvalue weighted by atomic mass is 14.3. The van der Waals surface area contributed by atoms with E-state index < -0.39 is 0 Å². The molecule has 1 saturated carbocycles. The van der Waals surface area contributed by atoms with Crippen LogP contribution in [0.5, 0.6) is 0 Å². The molecule has 0 aromatic heterocycles. The van der Waals surface area contributed by atoms with E-state index in [1.807, 2.05) is 0 Å². The van der Waals surface area contributed by atoms with Crippen molar-refractivity contribution in [3.63, 3.8) is 0 Å². The third kappa shape index (κ3) is 5.14. The van der Waals surface area contributed by atoms with E-state index >= 15 is 0 Å². The zero-order valence-electron chi connectivity index (χ0n) is 18.8. The van der Waals surface area contributed by atoms with Crippen molar-refractivity contribution in [3.05, 3.63) is 59.2 Å². The van der Waals surface area contributed by atoms with E-state index in [1.54, 1.807) is 11.1 Å². The zero-order chi connectivity index (χ0) is 20.1. The summed E-state index contributed by atoms with van der Waals surface area (Å²) in [6, 6.07) is 16.5. The Bertz CT molecular complexity index is 761. The molecule has 0 heteroatoms. The molecule has 0 aliphatic heterocycles. The van der Waals surface area contributed by atoms with E-state index in [2.05, 4.69) is 56.3 Å². The number of rotatable bonds is 7. The normalized spacial score (nSPS) is 24.3. The van der Waals surface area contributed by atoms with Crippen LogP contribution in [-0.4, -0.2) is 0 Å². The van der Waals surface area contributed by atoms with Crippen molar-refractivity contribution in [1.29, 1.82) is 0 Å². The molecule has 0 amide bonds. The number of hydrogen-bond donors (Lipinski definition) is 0. The molecule has 1 atom stereocenters. The van der Waals surface area contributed by atoms with Crippen molar-refractivity contribution in [1.82, 2.24) is 0 Å². The summed E-state index contributed by atoms with van der Waals surface area (Å²) in [6.45, 7) is 4.55. The number of aryl methyl sites for hydroxylation is 2. The lowest BCUT2D eigenvalue weighted by Gasteiger charge is -2.36. The largest absolute Gasteiger partial charge is 0.0654 e. The van der Waals surface area contributed by atoms with Gasteiger partial charge in [0.25, 0.3) is 0 Å². The van der Waals surface area contributed by atoms with Crippen LogP contribution in [0.15, 0.2) is 42.5 Å². The minimum atomic E-state index is 0.939. The average molecular weight is 389 g/mol. The Labute approximate surface area is 179 Å². The van der Waals surface area contributed by atoms with E-state index in [0.29, 0.717) is 0 Å². The predicted octanol–water partition coefficient (Wildman–Crippen LogP) is 8.41. The first kappa shape index (κ1) is 20.7. The number of unbranched alkanes of at least 4 members (excludes halogenated alkanes) is 2. The van der Waals surface area contributed by atoms with Crippen LogP contribution in [0, 0.1) is 17.8 Å². The van der Waals surface area contributed by atoms with Gasteiger partial charge in [0.2, 0.25) is 0 Å². The van der Waals surface area contributed by atoms with Gasteiger partial charge in [-0.05, 0) is 84.1 Å². The van der Waals surface area contributed by atoms with Gasteiger partial charge in [-0.3, -0.25) is 0 Å². The summed E-state index contributed by atoms with van der Waals surface area (Å²) in [4.78, 5) is 0. The minimum Gasteiger partial charge on any atom is -0.0654 e. The van der Waals surface area contributed by atoms with Gasteiger partial charge in [-0.15, -0.1) is 0 Å². The molecule has 0 bridgehead atoms. The first-order valence-corrected chi connectivity index (χ1v) is 12.5. The summed E-state index contributed by atoms with van der Waals surface area (Å²) in [5.41, 5.74) is 7.45. The van der Waals surface area contributed by atoms with Gasteiger partial charge >= 0.3 is 0 Å². The van der Waals surface area contributed by atoms with Gasteiger partial charge in [-0.1, -0.05) is 94.8 Å². The maximum atomic E-state index is 2.48. The number of benzene rings is 2. The van der Waals surface area contributed by atoms with E-state index in [9.17, 15) is 0 Å². The molecule has 1 unspecified atom stereocenters. The van der Waals surface area contributed by atoms with Gasteiger partial charge < -0.3 is 0 Å². The Morgan fingerprint density at radius 2 is 1.48 bits per heavy atom. The van der Waals surface area contributed by atoms with Crippen LogP contribution in [0.25, 0.3) is 11.1 Å². The van der Waals surface area contributed by atoms with Crippen molar-refractivity contribution >= 4 is 0 Å². The van der Waals surface area contributed by atoms with Gasteiger partial charge in [0, 0.05) is 0 Å². The van der Waals surface area contributed by atoms with Crippen LogP contribution < -0.4 is 0 Å². The molecule has 0 heterocycles. The molecule has 2 aliphatic rings. The fourth-order valence-electron chi connectivity index (χ4n) is 5.93. The minimum absolute atomic E-state index is 0.939. The summed E-state index contributed by atoms with van der Waals surface area (Å²) in [7, 11) is 0. The van der Waals surface area contributed by atoms with Gasteiger partial charge in [0.05, 0.1) is 0 Å². The molecule has 2 aromatic carbocycles. The van der Waals surface area contributed by atoms with Crippen LogP contribution in [0.1, 0.15) is 88.3 Å². The first-order valence-electron chi connectivity index (χ1n) is 12.5. The Morgan fingerprint density at radius 1 is 0.724 bits per heavy atom. The second-order valence-electron chi connectivity index (χ2n) is 9.81.